The Morgan fingerprint density at radius 3 is 2.54 bits per heavy atom. The van der Waals surface area contributed by atoms with E-state index in [-0.39, 0.29) is 0 Å². The van der Waals surface area contributed by atoms with Gasteiger partial charge >= 0.3 is 0 Å². The minimum absolute atomic E-state index is 0.422. The molecule has 0 spiro atoms. The first kappa shape index (κ1) is 15.8. The average molecular weight is 349 g/mol. The molecular weight excluding hydrogens is 326 g/mol. The van der Waals surface area contributed by atoms with Gasteiger partial charge in [-0.1, -0.05) is 0 Å². The maximum absolute atomic E-state index is 4.83. The second-order valence-corrected chi connectivity index (χ2v) is 7.50. The van der Waals surface area contributed by atoms with Gasteiger partial charge in [0, 0.05) is 30.8 Å². The summed E-state index contributed by atoms with van der Waals surface area (Å²) in [4.78, 5) is 11.3. The van der Waals surface area contributed by atoms with Crippen LogP contribution >= 0.6 is 0 Å². The van der Waals surface area contributed by atoms with E-state index in [4.69, 9.17) is 5.10 Å². The molecule has 1 saturated heterocycles. The number of rotatable bonds is 4. The van der Waals surface area contributed by atoms with Crippen LogP contribution in [0.3, 0.4) is 0 Å². The summed E-state index contributed by atoms with van der Waals surface area (Å²) in [7, 11) is 0. The number of likely N-dealkylation sites (tertiary alicyclic amines) is 1. The van der Waals surface area contributed by atoms with Crippen molar-refractivity contribution in [3.05, 3.63) is 47.4 Å². The number of hydrogen-bond acceptors (Lipinski definition) is 6. The molecular formula is C19H23N7. The van der Waals surface area contributed by atoms with Gasteiger partial charge in [-0.3, -0.25) is 14.9 Å². The summed E-state index contributed by atoms with van der Waals surface area (Å²) in [5.74, 6) is 2.09. The summed E-state index contributed by atoms with van der Waals surface area (Å²) in [6, 6.07) is 4.17. The average Bonchev–Trinajstić information content (AvgIpc) is 3.44. The van der Waals surface area contributed by atoms with E-state index in [1.54, 1.807) is 12.4 Å². The van der Waals surface area contributed by atoms with Crippen molar-refractivity contribution in [3.63, 3.8) is 0 Å². The van der Waals surface area contributed by atoms with Crippen LogP contribution in [0.2, 0.25) is 0 Å². The fourth-order valence-corrected chi connectivity index (χ4v) is 3.82. The summed E-state index contributed by atoms with van der Waals surface area (Å²) in [6.45, 7) is 4.98. The molecule has 3 aromatic heterocycles. The van der Waals surface area contributed by atoms with Gasteiger partial charge in [-0.25, -0.2) is 0 Å². The number of fused-ring (bicyclic) bond motifs is 1. The Morgan fingerprint density at radius 1 is 0.962 bits per heavy atom. The molecule has 3 aromatic rings. The third-order valence-corrected chi connectivity index (χ3v) is 5.61. The van der Waals surface area contributed by atoms with Crippen LogP contribution in [0.15, 0.2) is 24.5 Å². The standard InChI is InChI=1S/C19H23N7/c1-13-17(21-9-8-20-13)12-25-10-6-15(7-11-25)19-23-22-18-5-4-16(14-2-3-14)24-26(18)19/h4-5,8-9,14-15H,2-3,6-7,10-12H2,1H3. The lowest BCUT2D eigenvalue weighted by Gasteiger charge is -2.30. The number of aromatic nitrogens is 6. The number of nitrogens with zero attached hydrogens (tertiary/aromatic N) is 7. The molecule has 26 heavy (non-hydrogen) atoms. The molecule has 0 unspecified atom stereocenters. The largest absolute Gasteiger partial charge is 0.297 e. The first-order chi connectivity index (χ1) is 12.8. The van der Waals surface area contributed by atoms with Crippen LogP contribution in [0.4, 0.5) is 0 Å². The lowest BCUT2D eigenvalue weighted by Crippen LogP contribution is -2.33. The molecule has 0 radical (unpaired) electrons. The molecule has 0 N–H and O–H groups in total. The van der Waals surface area contributed by atoms with Crippen molar-refractivity contribution in [3.8, 4) is 0 Å². The van der Waals surface area contributed by atoms with E-state index < -0.39 is 0 Å². The fraction of sp³-hybridized carbons (Fsp3) is 0.526. The number of piperidine rings is 1. The van der Waals surface area contributed by atoms with Crippen molar-refractivity contribution in [1.82, 2.24) is 34.7 Å². The fourth-order valence-electron chi connectivity index (χ4n) is 3.82. The van der Waals surface area contributed by atoms with Crippen molar-refractivity contribution >= 4 is 5.65 Å². The van der Waals surface area contributed by atoms with E-state index in [0.717, 1.165) is 55.3 Å². The summed E-state index contributed by atoms with van der Waals surface area (Å²) in [5.41, 5.74) is 4.15. The van der Waals surface area contributed by atoms with Gasteiger partial charge in [0.2, 0.25) is 0 Å². The summed E-state index contributed by atoms with van der Waals surface area (Å²) >= 11 is 0. The zero-order chi connectivity index (χ0) is 17.5. The highest BCUT2D eigenvalue weighted by atomic mass is 15.4. The van der Waals surface area contributed by atoms with E-state index >= 15 is 0 Å². The molecule has 5 rings (SSSR count). The van der Waals surface area contributed by atoms with Crippen molar-refractivity contribution in [2.75, 3.05) is 13.1 Å². The van der Waals surface area contributed by atoms with E-state index in [2.05, 4.69) is 37.2 Å². The molecule has 4 heterocycles. The summed E-state index contributed by atoms with van der Waals surface area (Å²) in [5, 5.41) is 13.6. The molecule has 0 atom stereocenters. The van der Waals surface area contributed by atoms with E-state index in [9.17, 15) is 0 Å². The monoisotopic (exact) mass is 349 g/mol. The lowest BCUT2D eigenvalue weighted by atomic mass is 9.96. The van der Waals surface area contributed by atoms with Gasteiger partial charge in [-0.2, -0.15) is 9.61 Å². The Morgan fingerprint density at radius 2 is 1.77 bits per heavy atom. The molecule has 7 nitrogen and oxygen atoms in total. The van der Waals surface area contributed by atoms with Gasteiger partial charge in [0.1, 0.15) is 0 Å². The molecule has 0 aromatic carbocycles. The van der Waals surface area contributed by atoms with Crippen molar-refractivity contribution in [2.45, 2.75) is 51.0 Å². The van der Waals surface area contributed by atoms with Gasteiger partial charge in [0.05, 0.1) is 17.1 Å². The normalized spacial score (nSPS) is 19.3. The van der Waals surface area contributed by atoms with Crippen molar-refractivity contribution in [2.24, 2.45) is 0 Å². The Kier molecular flexibility index (Phi) is 3.89. The first-order valence-corrected chi connectivity index (χ1v) is 9.49. The molecule has 2 fully saturated rings. The van der Waals surface area contributed by atoms with E-state index in [1.165, 1.54) is 18.5 Å². The second kappa shape index (κ2) is 6.39. The van der Waals surface area contributed by atoms with Gasteiger partial charge < -0.3 is 0 Å². The second-order valence-electron chi connectivity index (χ2n) is 7.50. The highest BCUT2D eigenvalue weighted by Gasteiger charge is 2.28. The molecule has 2 aliphatic rings. The van der Waals surface area contributed by atoms with Crippen LogP contribution in [0.25, 0.3) is 5.65 Å². The summed E-state index contributed by atoms with van der Waals surface area (Å²) < 4.78 is 1.99. The van der Waals surface area contributed by atoms with Crippen LogP contribution in [0.1, 0.15) is 60.4 Å². The third-order valence-electron chi connectivity index (χ3n) is 5.61. The molecule has 1 aliphatic heterocycles. The molecule has 0 amide bonds. The SMILES string of the molecule is Cc1nccnc1CN1CCC(c2nnc3ccc(C4CC4)nn23)CC1. The van der Waals surface area contributed by atoms with Gasteiger partial charge in [0.25, 0.3) is 0 Å². The number of hydrogen-bond donors (Lipinski definition) is 0. The Bertz CT molecular complexity index is 923. The molecule has 0 bridgehead atoms. The van der Waals surface area contributed by atoms with Gasteiger partial charge in [-0.15, -0.1) is 10.2 Å². The number of aryl methyl sites for hydroxylation is 1. The molecule has 1 aliphatic carbocycles. The van der Waals surface area contributed by atoms with Crippen LogP contribution in [0, 0.1) is 6.92 Å². The van der Waals surface area contributed by atoms with E-state index in [0.29, 0.717) is 11.8 Å². The zero-order valence-electron chi connectivity index (χ0n) is 15.0. The molecule has 7 heteroatoms. The van der Waals surface area contributed by atoms with Crippen LogP contribution in [-0.2, 0) is 6.54 Å². The van der Waals surface area contributed by atoms with E-state index in [1.807, 2.05) is 11.4 Å². The van der Waals surface area contributed by atoms with Crippen molar-refractivity contribution in [1.29, 1.82) is 0 Å². The Balaban J connectivity index is 1.30. The maximum atomic E-state index is 4.83. The minimum Gasteiger partial charge on any atom is -0.297 e. The lowest BCUT2D eigenvalue weighted by molar-refractivity contribution is 0.198. The van der Waals surface area contributed by atoms with Crippen LogP contribution < -0.4 is 0 Å². The topological polar surface area (TPSA) is 72.1 Å². The Labute approximate surface area is 152 Å². The predicted molar refractivity (Wildman–Crippen MR) is 96.8 cm³/mol. The highest BCUT2D eigenvalue weighted by Crippen LogP contribution is 2.39. The minimum atomic E-state index is 0.422. The van der Waals surface area contributed by atoms with Gasteiger partial charge in [-0.05, 0) is 57.8 Å². The van der Waals surface area contributed by atoms with Gasteiger partial charge in [0.15, 0.2) is 11.5 Å². The maximum Gasteiger partial charge on any atom is 0.177 e. The third kappa shape index (κ3) is 2.96. The quantitative estimate of drug-likeness (QED) is 0.720. The smallest absolute Gasteiger partial charge is 0.177 e. The molecule has 134 valence electrons. The summed E-state index contributed by atoms with van der Waals surface area (Å²) in [6.07, 6.45) is 8.21. The van der Waals surface area contributed by atoms with Crippen LogP contribution in [-0.4, -0.2) is 47.8 Å². The van der Waals surface area contributed by atoms with Crippen molar-refractivity contribution < 1.29 is 0 Å². The first-order valence-electron chi connectivity index (χ1n) is 9.49. The van der Waals surface area contributed by atoms with Crippen LogP contribution in [0.5, 0.6) is 0 Å². The predicted octanol–water partition coefficient (Wildman–Crippen LogP) is 2.48. The molecule has 1 saturated carbocycles. The Hall–Kier alpha value is -2.41. The highest BCUT2D eigenvalue weighted by molar-refractivity contribution is 5.38. The zero-order valence-corrected chi connectivity index (χ0v) is 15.0.